The van der Waals surface area contributed by atoms with Crippen molar-refractivity contribution in [2.45, 2.75) is 38.1 Å². The summed E-state index contributed by atoms with van der Waals surface area (Å²) >= 11 is 0. The van der Waals surface area contributed by atoms with Crippen LogP contribution in [0.1, 0.15) is 41.8 Å². The first-order valence-corrected chi connectivity index (χ1v) is 7.20. The number of carbonyl (C=O) groups excluding carboxylic acids is 2. The van der Waals surface area contributed by atoms with E-state index in [1.165, 1.54) is 13.4 Å². The summed E-state index contributed by atoms with van der Waals surface area (Å²) in [6.07, 6.45) is 5.22. The Hall–Kier alpha value is -1.82. The molecule has 2 N–H and O–H groups in total. The van der Waals surface area contributed by atoms with E-state index in [2.05, 4.69) is 10.1 Å². The maximum atomic E-state index is 12.3. The highest BCUT2D eigenvalue weighted by molar-refractivity contribution is 5.96. The second-order valence-corrected chi connectivity index (χ2v) is 5.32. The van der Waals surface area contributed by atoms with Crippen molar-refractivity contribution in [1.82, 2.24) is 5.32 Å². The molecule has 1 amide bonds. The van der Waals surface area contributed by atoms with Gasteiger partial charge in [-0.15, -0.1) is 0 Å². The number of rotatable bonds is 5. The number of ether oxygens (including phenoxy) is 1. The number of aliphatic hydroxyl groups excluding tert-OH is 1. The van der Waals surface area contributed by atoms with Crippen LogP contribution in [0, 0.1) is 5.92 Å². The van der Waals surface area contributed by atoms with E-state index < -0.39 is 5.97 Å². The molecular weight excluding hydrogens is 274 g/mol. The lowest BCUT2D eigenvalue weighted by atomic mass is 9.85. The zero-order chi connectivity index (χ0) is 15.2. The maximum Gasteiger partial charge on any atom is 0.313 e. The molecule has 1 aliphatic carbocycles. The van der Waals surface area contributed by atoms with E-state index in [4.69, 9.17) is 4.42 Å². The minimum absolute atomic E-state index is 0.0304. The summed E-state index contributed by atoms with van der Waals surface area (Å²) in [4.78, 5) is 23.6. The third-order valence-corrected chi connectivity index (χ3v) is 3.98. The number of hydrogen-bond acceptors (Lipinski definition) is 5. The fourth-order valence-corrected chi connectivity index (χ4v) is 2.75. The van der Waals surface area contributed by atoms with Crippen LogP contribution in [0.2, 0.25) is 0 Å². The van der Waals surface area contributed by atoms with E-state index in [1.807, 2.05) is 0 Å². The van der Waals surface area contributed by atoms with Gasteiger partial charge in [-0.1, -0.05) is 12.8 Å². The van der Waals surface area contributed by atoms with Gasteiger partial charge in [-0.3, -0.25) is 9.59 Å². The Labute approximate surface area is 123 Å². The van der Waals surface area contributed by atoms with Crippen molar-refractivity contribution in [2.75, 3.05) is 13.7 Å². The molecule has 1 aliphatic rings. The van der Waals surface area contributed by atoms with Crippen molar-refractivity contribution in [3.63, 3.8) is 0 Å². The lowest BCUT2D eigenvalue weighted by Crippen LogP contribution is -2.43. The Morgan fingerprint density at radius 2 is 2.19 bits per heavy atom. The van der Waals surface area contributed by atoms with E-state index in [1.54, 1.807) is 6.07 Å². The van der Waals surface area contributed by atoms with Crippen molar-refractivity contribution in [3.8, 4) is 0 Å². The van der Waals surface area contributed by atoms with E-state index >= 15 is 0 Å². The molecule has 1 fully saturated rings. The summed E-state index contributed by atoms with van der Waals surface area (Å²) in [5, 5.41) is 12.3. The largest absolute Gasteiger partial charge is 0.469 e. The van der Waals surface area contributed by atoms with Gasteiger partial charge in [0.05, 0.1) is 18.9 Å². The monoisotopic (exact) mass is 295 g/mol. The van der Waals surface area contributed by atoms with Crippen LogP contribution in [-0.4, -0.2) is 36.7 Å². The van der Waals surface area contributed by atoms with Gasteiger partial charge in [-0.05, 0) is 18.9 Å². The van der Waals surface area contributed by atoms with Gasteiger partial charge in [0, 0.05) is 18.6 Å². The normalized spacial score (nSPS) is 21.8. The van der Waals surface area contributed by atoms with Crippen molar-refractivity contribution in [2.24, 2.45) is 5.92 Å². The molecule has 0 spiro atoms. The van der Waals surface area contributed by atoms with Crippen molar-refractivity contribution < 1.29 is 23.8 Å². The molecule has 1 aromatic heterocycles. The number of carbonyl (C=O) groups is 2. The van der Waals surface area contributed by atoms with Gasteiger partial charge in [-0.2, -0.15) is 0 Å². The molecule has 0 aromatic carbocycles. The Morgan fingerprint density at radius 1 is 1.43 bits per heavy atom. The van der Waals surface area contributed by atoms with Crippen molar-refractivity contribution in [1.29, 1.82) is 0 Å². The number of hydrogen-bond donors (Lipinski definition) is 2. The fourth-order valence-electron chi connectivity index (χ4n) is 2.75. The van der Waals surface area contributed by atoms with Crippen molar-refractivity contribution in [3.05, 3.63) is 23.7 Å². The Balaban J connectivity index is 2.03. The summed E-state index contributed by atoms with van der Waals surface area (Å²) < 4.78 is 9.77. The lowest BCUT2D eigenvalue weighted by molar-refractivity contribution is -0.140. The smallest absolute Gasteiger partial charge is 0.313 e. The molecular formula is C15H21NO5. The quantitative estimate of drug-likeness (QED) is 0.799. The topological polar surface area (TPSA) is 88.8 Å². The molecule has 0 radical (unpaired) electrons. The third kappa shape index (κ3) is 3.85. The van der Waals surface area contributed by atoms with Gasteiger partial charge in [0.15, 0.2) is 0 Å². The van der Waals surface area contributed by atoms with E-state index in [-0.39, 0.29) is 30.9 Å². The first kappa shape index (κ1) is 15.6. The molecule has 0 saturated heterocycles. The molecule has 2 rings (SSSR count). The standard InChI is InChI=1S/C15H21NO5/c1-20-14(18)8-13-11(6-7-21-13)15(19)16-12-5-3-2-4-10(12)9-17/h6-7,10,12,17H,2-5,8-9H2,1H3,(H,16,19)/t10-,12-/m0/s1. The lowest BCUT2D eigenvalue weighted by Gasteiger charge is -2.30. The summed E-state index contributed by atoms with van der Waals surface area (Å²) in [5.74, 6) is -0.327. The minimum atomic E-state index is -0.454. The minimum Gasteiger partial charge on any atom is -0.469 e. The van der Waals surface area contributed by atoms with Gasteiger partial charge < -0.3 is 19.6 Å². The van der Waals surface area contributed by atoms with Crippen LogP contribution in [0.25, 0.3) is 0 Å². The Morgan fingerprint density at radius 3 is 2.90 bits per heavy atom. The molecule has 0 unspecified atom stereocenters. The number of amides is 1. The highest BCUT2D eigenvalue weighted by Crippen LogP contribution is 2.24. The molecule has 1 aromatic rings. The van der Waals surface area contributed by atoms with Crippen LogP contribution in [0.5, 0.6) is 0 Å². The third-order valence-electron chi connectivity index (χ3n) is 3.98. The van der Waals surface area contributed by atoms with E-state index in [0.29, 0.717) is 11.3 Å². The van der Waals surface area contributed by atoms with Gasteiger partial charge >= 0.3 is 5.97 Å². The van der Waals surface area contributed by atoms with Crippen LogP contribution < -0.4 is 5.32 Å². The Kier molecular flexibility index (Phi) is 5.38. The number of nitrogens with one attached hydrogen (secondary N) is 1. The molecule has 1 heterocycles. The predicted octanol–water partition coefficient (Wildman–Crippen LogP) is 1.28. The van der Waals surface area contributed by atoms with Crippen molar-refractivity contribution >= 4 is 11.9 Å². The number of aliphatic hydroxyl groups is 1. The zero-order valence-electron chi connectivity index (χ0n) is 12.1. The van der Waals surface area contributed by atoms with Gasteiger partial charge in [0.2, 0.25) is 0 Å². The van der Waals surface area contributed by atoms with E-state index in [9.17, 15) is 14.7 Å². The van der Waals surface area contributed by atoms with Gasteiger partial charge in [0.1, 0.15) is 12.2 Å². The molecule has 1 saturated carbocycles. The molecule has 0 aliphatic heterocycles. The first-order valence-electron chi connectivity index (χ1n) is 7.20. The van der Waals surface area contributed by atoms with Crippen LogP contribution >= 0.6 is 0 Å². The molecule has 6 heteroatoms. The molecule has 116 valence electrons. The first-order chi connectivity index (χ1) is 10.2. The maximum absolute atomic E-state index is 12.3. The van der Waals surface area contributed by atoms with Crippen LogP contribution in [0.3, 0.4) is 0 Å². The predicted molar refractivity (Wildman–Crippen MR) is 74.7 cm³/mol. The summed E-state index contributed by atoms with van der Waals surface area (Å²) in [6.45, 7) is 0.0748. The second-order valence-electron chi connectivity index (χ2n) is 5.32. The summed E-state index contributed by atoms with van der Waals surface area (Å²) in [6, 6.07) is 1.52. The fraction of sp³-hybridized carbons (Fsp3) is 0.600. The number of esters is 1. The average molecular weight is 295 g/mol. The summed E-state index contributed by atoms with van der Waals surface area (Å²) in [5.41, 5.74) is 0.350. The zero-order valence-corrected chi connectivity index (χ0v) is 12.1. The van der Waals surface area contributed by atoms with Gasteiger partial charge in [-0.25, -0.2) is 0 Å². The van der Waals surface area contributed by atoms with E-state index in [0.717, 1.165) is 25.7 Å². The van der Waals surface area contributed by atoms with Crippen LogP contribution in [0.15, 0.2) is 16.7 Å². The average Bonchev–Trinajstić information content (AvgIpc) is 2.95. The van der Waals surface area contributed by atoms with Crippen LogP contribution in [0.4, 0.5) is 0 Å². The number of methoxy groups -OCH3 is 1. The molecule has 6 nitrogen and oxygen atoms in total. The SMILES string of the molecule is COC(=O)Cc1occc1C(=O)N[C@H]1CCCC[C@H]1CO. The highest BCUT2D eigenvalue weighted by Gasteiger charge is 2.27. The van der Waals surface area contributed by atoms with Crippen LogP contribution in [-0.2, 0) is 16.0 Å². The summed E-state index contributed by atoms with van der Waals surface area (Å²) in [7, 11) is 1.29. The van der Waals surface area contributed by atoms with Gasteiger partial charge in [0.25, 0.3) is 5.91 Å². The molecule has 21 heavy (non-hydrogen) atoms. The molecule has 0 bridgehead atoms. The second kappa shape index (κ2) is 7.26. The number of furan rings is 1. The highest BCUT2D eigenvalue weighted by atomic mass is 16.5. The Bertz CT molecular complexity index is 496. The molecule has 2 atom stereocenters.